The van der Waals surface area contributed by atoms with Crippen LogP contribution in [0.3, 0.4) is 0 Å². The van der Waals surface area contributed by atoms with Gasteiger partial charge in [-0.15, -0.1) is 0 Å². The monoisotopic (exact) mass is 342 g/mol. The zero-order chi connectivity index (χ0) is 17.4. The van der Waals surface area contributed by atoms with Gasteiger partial charge in [-0.3, -0.25) is 0 Å². The van der Waals surface area contributed by atoms with Crippen LogP contribution < -0.4 is 0 Å². The molecule has 0 fully saturated rings. The van der Waals surface area contributed by atoms with Crippen LogP contribution >= 0.6 is 0 Å². The molecule has 0 aliphatic heterocycles. The number of benzene rings is 2. The lowest BCUT2D eigenvalue weighted by atomic mass is 10.2. The molecular weight excluding hydrogens is 334 g/mol. The summed E-state index contributed by atoms with van der Waals surface area (Å²) in [5.41, 5.74) is -1.71. The number of halogens is 2. The number of sulfone groups is 1. The topological polar surface area (TPSA) is 109 Å². The van der Waals surface area contributed by atoms with E-state index in [-0.39, 0.29) is 0 Å². The van der Waals surface area contributed by atoms with Gasteiger partial charge < -0.3 is 10.2 Å². The van der Waals surface area contributed by atoms with Gasteiger partial charge in [0.25, 0.3) is 0 Å². The molecule has 0 radical (unpaired) electrons. The second-order valence-corrected chi connectivity index (χ2v) is 6.28. The third-order valence-electron chi connectivity index (χ3n) is 2.92. The van der Waals surface area contributed by atoms with Crippen LogP contribution in [0, 0.1) is 11.6 Å². The van der Waals surface area contributed by atoms with Crippen molar-refractivity contribution in [3.63, 3.8) is 0 Å². The molecule has 9 heteroatoms. The largest absolute Gasteiger partial charge is 0.478 e. The van der Waals surface area contributed by atoms with Crippen LogP contribution in [0.1, 0.15) is 20.7 Å². The highest BCUT2D eigenvalue weighted by molar-refractivity contribution is 7.91. The van der Waals surface area contributed by atoms with Crippen molar-refractivity contribution in [3.8, 4) is 0 Å². The minimum Gasteiger partial charge on any atom is -0.478 e. The maximum absolute atomic E-state index is 13.2. The van der Waals surface area contributed by atoms with Crippen LogP contribution in [-0.2, 0) is 9.84 Å². The van der Waals surface area contributed by atoms with E-state index in [2.05, 4.69) is 0 Å². The first kappa shape index (κ1) is 16.6. The fourth-order valence-electron chi connectivity index (χ4n) is 1.93. The SMILES string of the molecule is O=C(O)c1cc(F)ccc1S(=O)(=O)c1ccc(F)cc1C(=O)O. The molecule has 2 N–H and O–H groups in total. The molecule has 23 heavy (non-hydrogen) atoms. The van der Waals surface area contributed by atoms with E-state index in [9.17, 15) is 26.8 Å². The fraction of sp³-hybridized carbons (Fsp3) is 0. The number of carboxylic acid groups (broad SMARTS) is 2. The highest BCUT2D eigenvalue weighted by Crippen LogP contribution is 2.28. The number of hydrogen-bond acceptors (Lipinski definition) is 4. The van der Waals surface area contributed by atoms with Crippen molar-refractivity contribution in [2.45, 2.75) is 9.79 Å². The van der Waals surface area contributed by atoms with Gasteiger partial charge in [0.15, 0.2) is 0 Å². The van der Waals surface area contributed by atoms with Crippen LogP contribution in [0.5, 0.6) is 0 Å². The first-order chi connectivity index (χ1) is 10.6. The molecule has 0 bridgehead atoms. The average Bonchev–Trinajstić information content (AvgIpc) is 2.46. The van der Waals surface area contributed by atoms with Gasteiger partial charge >= 0.3 is 11.9 Å². The van der Waals surface area contributed by atoms with Gasteiger partial charge in [-0.05, 0) is 36.4 Å². The highest BCUT2D eigenvalue weighted by Gasteiger charge is 2.29. The summed E-state index contributed by atoms with van der Waals surface area (Å²) in [5.74, 6) is -5.36. The molecule has 0 aliphatic rings. The van der Waals surface area contributed by atoms with E-state index in [1.165, 1.54) is 0 Å². The minimum absolute atomic E-state index is 0.499. The van der Waals surface area contributed by atoms with Crippen LogP contribution in [-0.4, -0.2) is 30.6 Å². The molecule has 0 spiro atoms. The number of carboxylic acids is 2. The average molecular weight is 342 g/mol. The Morgan fingerprint density at radius 3 is 1.43 bits per heavy atom. The molecule has 0 amide bonds. The normalized spacial score (nSPS) is 11.2. The minimum atomic E-state index is -4.62. The van der Waals surface area contributed by atoms with Crippen molar-refractivity contribution in [2.75, 3.05) is 0 Å². The molecule has 0 saturated heterocycles. The maximum atomic E-state index is 13.2. The van der Waals surface area contributed by atoms with Gasteiger partial charge in [-0.2, -0.15) is 0 Å². The lowest BCUT2D eigenvalue weighted by Crippen LogP contribution is -2.14. The Morgan fingerprint density at radius 1 is 0.783 bits per heavy atom. The second kappa shape index (κ2) is 5.76. The van der Waals surface area contributed by atoms with Crippen molar-refractivity contribution < 1.29 is 37.0 Å². The summed E-state index contributed by atoms with van der Waals surface area (Å²) < 4.78 is 51.4. The predicted octanol–water partition coefficient (Wildman–Crippen LogP) is 2.19. The molecule has 6 nitrogen and oxygen atoms in total. The number of aromatic carboxylic acids is 2. The Balaban J connectivity index is 2.79. The number of rotatable bonds is 4. The van der Waals surface area contributed by atoms with E-state index in [0.29, 0.717) is 24.3 Å². The standard InChI is InChI=1S/C14H8F2O6S/c15-7-1-3-11(9(5-7)13(17)18)23(21,22)12-4-2-8(16)6-10(12)14(19)20/h1-6H,(H,17,18)(H,19,20). The highest BCUT2D eigenvalue weighted by atomic mass is 32.2. The third-order valence-corrected chi connectivity index (χ3v) is 4.79. The summed E-state index contributed by atoms with van der Waals surface area (Å²) in [4.78, 5) is 20.7. The van der Waals surface area contributed by atoms with Crippen molar-refractivity contribution in [1.29, 1.82) is 0 Å². The van der Waals surface area contributed by atoms with Crippen molar-refractivity contribution in [2.24, 2.45) is 0 Å². The van der Waals surface area contributed by atoms with E-state index >= 15 is 0 Å². The van der Waals surface area contributed by atoms with Crippen molar-refractivity contribution >= 4 is 21.8 Å². The van der Waals surface area contributed by atoms with Crippen molar-refractivity contribution in [3.05, 3.63) is 59.2 Å². The molecule has 0 atom stereocenters. The van der Waals surface area contributed by atoms with E-state index < -0.39 is 54.3 Å². The Hall–Kier alpha value is -2.81. The summed E-state index contributed by atoms with van der Waals surface area (Å²) in [6.07, 6.45) is 0. The second-order valence-electron chi connectivity index (χ2n) is 4.39. The van der Waals surface area contributed by atoms with Crippen molar-refractivity contribution in [1.82, 2.24) is 0 Å². The zero-order valence-electron chi connectivity index (χ0n) is 11.2. The Bertz CT molecular complexity index is 851. The smallest absolute Gasteiger partial charge is 0.337 e. The van der Waals surface area contributed by atoms with E-state index in [4.69, 9.17) is 10.2 Å². The van der Waals surface area contributed by atoms with Gasteiger partial charge in [-0.1, -0.05) is 0 Å². The fourth-order valence-corrected chi connectivity index (χ4v) is 3.53. The Labute approximate surface area is 128 Å². The number of carbonyl (C=O) groups is 2. The quantitative estimate of drug-likeness (QED) is 0.825. The summed E-state index contributed by atoms with van der Waals surface area (Å²) >= 11 is 0. The third kappa shape index (κ3) is 3.04. The van der Waals surface area contributed by atoms with Gasteiger partial charge in [-0.25, -0.2) is 26.8 Å². The van der Waals surface area contributed by atoms with E-state index in [1.54, 1.807) is 0 Å². The molecule has 120 valence electrons. The first-order valence-electron chi connectivity index (χ1n) is 5.95. The Kier molecular flexibility index (Phi) is 4.15. The zero-order valence-corrected chi connectivity index (χ0v) is 12.0. The molecular formula is C14H8F2O6S. The number of hydrogen-bond donors (Lipinski definition) is 2. The molecule has 0 saturated carbocycles. The summed E-state index contributed by atoms with van der Waals surface area (Å²) in [7, 11) is -4.62. The van der Waals surface area contributed by atoms with Crippen LogP contribution in [0.4, 0.5) is 8.78 Å². The van der Waals surface area contributed by atoms with Crippen LogP contribution in [0.15, 0.2) is 46.2 Å². The van der Waals surface area contributed by atoms with Gasteiger partial charge in [0.1, 0.15) is 11.6 Å². The summed E-state index contributed by atoms with van der Waals surface area (Å²) in [5, 5.41) is 18.0. The van der Waals surface area contributed by atoms with E-state index in [0.717, 1.165) is 12.1 Å². The molecule has 0 aliphatic carbocycles. The molecule has 2 rings (SSSR count). The lowest BCUT2D eigenvalue weighted by molar-refractivity contribution is 0.0682. The predicted molar refractivity (Wildman–Crippen MR) is 72.2 cm³/mol. The molecule has 0 heterocycles. The van der Waals surface area contributed by atoms with Crippen LogP contribution in [0.25, 0.3) is 0 Å². The first-order valence-corrected chi connectivity index (χ1v) is 7.43. The summed E-state index contributed by atoms with van der Waals surface area (Å²) in [6, 6.07) is 3.87. The molecule has 2 aromatic rings. The van der Waals surface area contributed by atoms with E-state index in [1.807, 2.05) is 0 Å². The Morgan fingerprint density at radius 2 is 1.13 bits per heavy atom. The van der Waals surface area contributed by atoms with Gasteiger partial charge in [0, 0.05) is 0 Å². The maximum Gasteiger partial charge on any atom is 0.337 e. The van der Waals surface area contributed by atoms with Crippen LogP contribution in [0.2, 0.25) is 0 Å². The molecule has 0 unspecified atom stereocenters. The molecule has 2 aromatic carbocycles. The lowest BCUT2D eigenvalue weighted by Gasteiger charge is -2.10. The van der Waals surface area contributed by atoms with Gasteiger partial charge in [0.05, 0.1) is 20.9 Å². The molecule has 0 aromatic heterocycles. The van der Waals surface area contributed by atoms with Gasteiger partial charge in [0.2, 0.25) is 9.84 Å². The summed E-state index contributed by atoms with van der Waals surface area (Å²) in [6.45, 7) is 0.